The van der Waals surface area contributed by atoms with Crippen LogP contribution in [0.15, 0.2) is 0 Å². The number of likely N-dealkylation sites (N-methyl/N-ethyl adjacent to an activating group) is 2. The van der Waals surface area contributed by atoms with Gasteiger partial charge in [-0.3, -0.25) is 4.90 Å². The predicted molar refractivity (Wildman–Crippen MR) is 88.1 cm³/mol. The number of rotatable bonds is 3. The van der Waals surface area contributed by atoms with Crippen molar-refractivity contribution in [2.24, 2.45) is 5.41 Å². The smallest absolute Gasteiger partial charge is 0.0249 e. The number of nitrogens with one attached hydrogen (secondary N) is 1. The third-order valence-corrected chi connectivity index (χ3v) is 6.01. The van der Waals surface area contributed by atoms with Crippen LogP contribution in [-0.2, 0) is 0 Å². The molecule has 2 aliphatic carbocycles. The van der Waals surface area contributed by atoms with Gasteiger partial charge in [-0.05, 0) is 58.0 Å². The molecule has 0 aliphatic heterocycles. The van der Waals surface area contributed by atoms with Crippen molar-refractivity contribution in [3.63, 3.8) is 0 Å². The van der Waals surface area contributed by atoms with E-state index in [1.54, 1.807) is 0 Å². The highest BCUT2D eigenvalue weighted by Gasteiger charge is 2.33. The Morgan fingerprint density at radius 1 is 0.900 bits per heavy atom. The second kappa shape index (κ2) is 7.26. The van der Waals surface area contributed by atoms with Gasteiger partial charge in [-0.25, -0.2) is 0 Å². The Balaban J connectivity index is 1.95. The molecule has 118 valence electrons. The van der Waals surface area contributed by atoms with Crippen molar-refractivity contribution in [3.05, 3.63) is 0 Å². The molecule has 2 heteroatoms. The lowest BCUT2D eigenvalue weighted by atomic mass is 9.75. The van der Waals surface area contributed by atoms with Gasteiger partial charge in [0, 0.05) is 18.1 Å². The zero-order valence-electron chi connectivity index (χ0n) is 14.3. The first-order chi connectivity index (χ1) is 9.53. The number of nitrogens with zero attached hydrogens (tertiary/aromatic N) is 1. The summed E-state index contributed by atoms with van der Waals surface area (Å²) in [6.07, 6.45) is 14.1. The van der Waals surface area contributed by atoms with Crippen molar-refractivity contribution >= 4 is 0 Å². The van der Waals surface area contributed by atoms with Crippen LogP contribution in [0.2, 0.25) is 0 Å². The third-order valence-electron chi connectivity index (χ3n) is 6.01. The largest absolute Gasteiger partial charge is 0.315 e. The van der Waals surface area contributed by atoms with E-state index >= 15 is 0 Å². The van der Waals surface area contributed by atoms with E-state index < -0.39 is 0 Å². The van der Waals surface area contributed by atoms with Gasteiger partial charge in [0.25, 0.3) is 0 Å². The summed E-state index contributed by atoms with van der Waals surface area (Å²) >= 11 is 0. The molecule has 0 amide bonds. The molecule has 0 aromatic heterocycles. The fraction of sp³-hybridized carbons (Fsp3) is 1.00. The number of hydrogen-bond donors (Lipinski definition) is 1. The normalized spacial score (nSPS) is 32.9. The summed E-state index contributed by atoms with van der Waals surface area (Å²) in [6, 6.07) is 2.28. The molecule has 0 spiro atoms. The second-order valence-corrected chi connectivity index (χ2v) is 8.01. The van der Waals surface area contributed by atoms with Gasteiger partial charge < -0.3 is 5.32 Å². The third kappa shape index (κ3) is 4.21. The first-order valence-electron chi connectivity index (χ1n) is 8.93. The first kappa shape index (κ1) is 16.3. The molecule has 2 saturated carbocycles. The summed E-state index contributed by atoms with van der Waals surface area (Å²) < 4.78 is 0. The predicted octanol–water partition coefficient (Wildman–Crippen LogP) is 4.20. The summed E-state index contributed by atoms with van der Waals surface area (Å²) in [5.74, 6) is 0. The maximum absolute atomic E-state index is 3.62. The van der Waals surface area contributed by atoms with Gasteiger partial charge in [0.2, 0.25) is 0 Å². The molecule has 0 aromatic rings. The molecule has 0 heterocycles. The highest BCUT2D eigenvalue weighted by atomic mass is 15.2. The molecule has 2 rings (SSSR count). The molecule has 2 aliphatic rings. The van der Waals surface area contributed by atoms with Gasteiger partial charge in [-0.1, -0.05) is 39.5 Å². The highest BCUT2D eigenvalue weighted by molar-refractivity contribution is 4.90. The first-order valence-corrected chi connectivity index (χ1v) is 8.93. The van der Waals surface area contributed by atoms with Crippen molar-refractivity contribution in [1.29, 1.82) is 0 Å². The lowest BCUT2D eigenvalue weighted by molar-refractivity contribution is 0.0688. The molecule has 0 saturated heterocycles. The quantitative estimate of drug-likeness (QED) is 0.833. The Bertz CT molecular complexity index is 277. The van der Waals surface area contributed by atoms with Crippen molar-refractivity contribution in [2.75, 3.05) is 14.1 Å². The van der Waals surface area contributed by atoms with E-state index in [4.69, 9.17) is 0 Å². The fourth-order valence-corrected chi connectivity index (χ4v) is 4.35. The Labute approximate surface area is 126 Å². The number of hydrogen-bond acceptors (Lipinski definition) is 2. The lowest BCUT2D eigenvalue weighted by Crippen LogP contribution is -2.52. The van der Waals surface area contributed by atoms with E-state index in [9.17, 15) is 0 Å². The van der Waals surface area contributed by atoms with Crippen LogP contribution in [0, 0.1) is 5.41 Å². The molecule has 0 bridgehead atoms. The van der Waals surface area contributed by atoms with Gasteiger partial charge in [0.15, 0.2) is 0 Å². The van der Waals surface area contributed by atoms with Crippen LogP contribution >= 0.6 is 0 Å². The van der Waals surface area contributed by atoms with Gasteiger partial charge in [0.05, 0.1) is 0 Å². The van der Waals surface area contributed by atoms with Crippen LogP contribution in [0.1, 0.15) is 78.1 Å². The van der Waals surface area contributed by atoms with E-state index in [1.807, 2.05) is 0 Å². The Kier molecular flexibility index (Phi) is 5.92. The van der Waals surface area contributed by atoms with Crippen LogP contribution in [0.25, 0.3) is 0 Å². The molecule has 2 fully saturated rings. The maximum atomic E-state index is 3.62. The van der Waals surface area contributed by atoms with Crippen molar-refractivity contribution in [2.45, 2.75) is 96.2 Å². The zero-order valence-corrected chi connectivity index (χ0v) is 14.3. The van der Waals surface area contributed by atoms with Gasteiger partial charge in [-0.15, -0.1) is 0 Å². The molecule has 1 N–H and O–H groups in total. The summed E-state index contributed by atoms with van der Waals surface area (Å²) in [6.45, 7) is 4.88. The van der Waals surface area contributed by atoms with Crippen LogP contribution in [0.3, 0.4) is 0 Å². The summed E-state index contributed by atoms with van der Waals surface area (Å²) in [5.41, 5.74) is 0.584. The van der Waals surface area contributed by atoms with E-state index in [0.717, 1.165) is 12.1 Å². The summed E-state index contributed by atoms with van der Waals surface area (Å²) in [5, 5.41) is 3.62. The molecular weight excluding hydrogens is 244 g/mol. The molecule has 0 radical (unpaired) electrons. The molecule has 0 aromatic carbocycles. The minimum Gasteiger partial charge on any atom is -0.315 e. The molecule has 2 unspecified atom stereocenters. The maximum Gasteiger partial charge on any atom is 0.0249 e. The second-order valence-electron chi connectivity index (χ2n) is 8.01. The van der Waals surface area contributed by atoms with Crippen molar-refractivity contribution < 1.29 is 0 Å². The minimum absolute atomic E-state index is 0.584. The van der Waals surface area contributed by atoms with Crippen LogP contribution in [-0.4, -0.2) is 37.1 Å². The Hall–Kier alpha value is -0.0800. The molecule has 2 atom stereocenters. The molecule has 2 nitrogen and oxygen atoms in total. The van der Waals surface area contributed by atoms with E-state index in [-0.39, 0.29) is 0 Å². The van der Waals surface area contributed by atoms with E-state index in [2.05, 4.69) is 38.2 Å². The SMILES string of the molecule is CNC1CCCCCCC1N(C)C1CCC(C)(C)CC1. The topological polar surface area (TPSA) is 15.3 Å². The minimum atomic E-state index is 0.584. The summed E-state index contributed by atoms with van der Waals surface area (Å²) in [7, 11) is 4.57. The van der Waals surface area contributed by atoms with Gasteiger partial charge >= 0.3 is 0 Å². The van der Waals surface area contributed by atoms with Gasteiger partial charge in [0.1, 0.15) is 0 Å². The van der Waals surface area contributed by atoms with Gasteiger partial charge in [-0.2, -0.15) is 0 Å². The zero-order chi connectivity index (χ0) is 14.6. The Morgan fingerprint density at radius 2 is 1.50 bits per heavy atom. The average molecular weight is 281 g/mol. The molecular formula is C18H36N2. The fourth-order valence-electron chi connectivity index (χ4n) is 4.35. The van der Waals surface area contributed by atoms with Crippen molar-refractivity contribution in [1.82, 2.24) is 10.2 Å². The lowest BCUT2D eigenvalue weighted by Gasteiger charge is -2.44. The van der Waals surface area contributed by atoms with Crippen LogP contribution in [0.5, 0.6) is 0 Å². The monoisotopic (exact) mass is 280 g/mol. The van der Waals surface area contributed by atoms with E-state index in [1.165, 1.54) is 64.2 Å². The summed E-state index contributed by atoms with van der Waals surface area (Å²) in [4.78, 5) is 2.75. The molecule has 20 heavy (non-hydrogen) atoms. The van der Waals surface area contributed by atoms with E-state index in [0.29, 0.717) is 11.5 Å². The van der Waals surface area contributed by atoms with Crippen LogP contribution in [0.4, 0.5) is 0 Å². The van der Waals surface area contributed by atoms with Crippen molar-refractivity contribution in [3.8, 4) is 0 Å². The van der Waals surface area contributed by atoms with Crippen LogP contribution < -0.4 is 5.32 Å². The highest BCUT2D eigenvalue weighted by Crippen LogP contribution is 2.37. The Morgan fingerprint density at radius 3 is 2.10 bits per heavy atom. The standard InChI is InChI=1S/C18H36N2/c1-18(2)13-11-15(12-14-18)20(4)17-10-8-6-5-7-9-16(17)19-3/h15-17,19H,5-14H2,1-4H3. The average Bonchev–Trinajstić information content (AvgIpc) is 2.38.